The van der Waals surface area contributed by atoms with Crippen LogP contribution in [0.25, 0.3) is 0 Å². The molecule has 0 amide bonds. The van der Waals surface area contributed by atoms with E-state index in [4.69, 9.17) is 11.6 Å². The largest absolute Gasteiger partial charge is 0.340 e. The molecule has 0 unspecified atom stereocenters. The lowest BCUT2D eigenvalue weighted by molar-refractivity contribution is 0.628. The van der Waals surface area contributed by atoms with E-state index in [1.54, 1.807) is 12.1 Å². The average molecular weight is 303 g/mol. The summed E-state index contributed by atoms with van der Waals surface area (Å²) in [6.07, 6.45) is 1.40. The van der Waals surface area contributed by atoms with E-state index >= 15 is 0 Å². The Bertz CT molecular complexity index is 501. The number of nitrogens with one attached hydrogen (secondary N) is 1. The van der Waals surface area contributed by atoms with Crippen LogP contribution in [0.3, 0.4) is 0 Å². The molecule has 0 aliphatic carbocycles. The molecule has 3 nitrogen and oxygen atoms in total. The van der Waals surface area contributed by atoms with Gasteiger partial charge < -0.3 is 5.32 Å². The smallest absolute Gasteiger partial charge is 0.134 e. The Hall–Kier alpha value is -1.20. The Balaban J connectivity index is 2.27. The Kier molecular flexibility index (Phi) is 3.36. The quantitative estimate of drug-likeness (QED) is 0.858. The highest BCUT2D eigenvalue weighted by Gasteiger charge is 2.01. The van der Waals surface area contributed by atoms with E-state index in [0.29, 0.717) is 21.1 Å². The summed E-state index contributed by atoms with van der Waals surface area (Å²) in [5.41, 5.74) is 0.538. The van der Waals surface area contributed by atoms with Crippen molar-refractivity contribution in [2.24, 2.45) is 0 Å². The molecule has 82 valence electrons. The second-order valence-electron chi connectivity index (χ2n) is 3.01. The molecule has 2 rings (SSSR count). The van der Waals surface area contributed by atoms with Gasteiger partial charge in [-0.15, -0.1) is 0 Å². The van der Waals surface area contributed by atoms with Crippen LogP contribution in [-0.2, 0) is 0 Å². The van der Waals surface area contributed by atoms with Crippen molar-refractivity contribution in [1.82, 2.24) is 9.97 Å². The van der Waals surface area contributed by atoms with Gasteiger partial charge in [0.25, 0.3) is 0 Å². The van der Waals surface area contributed by atoms with Crippen LogP contribution in [0, 0.1) is 5.82 Å². The van der Waals surface area contributed by atoms with Gasteiger partial charge in [0.2, 0.25) is 0 Å². The molecule has 6 heteroatoms. The fraction of sp³-hybridized carbons (Fsp3) is 0. The molecule has 0 fully saturated rings. The highest BCUT2D eigenvalue weighted by Crippen LogP contribution is 2.21. The second kappa shape index (κ2) is 4.76. The fourth-order valence-corrected chi connectivity index (χ4v) is 1.71. The van der Waals surface area contributed by atoms with Crippen LogP contribution in [0.15, 0.2) is 35.2 Å². The maximum atomic E-state index is 13.0. The zero-order chi connectivity index (χ0) is 11.5. The molecule has 1 N–H and O–H groups in total. The van der Waals surface area contributed by atoms with Crippen LogP contribution in [0.2, 0.25) is 5.02 Å². The molecule has 0 saturated heterocycles. The van der Waals surface area contributed by atoms with Gasteiger partial charge in [-0.25, -0.2) is 14.4 Å². The predicted octanol–water partition coefficient (Wildman–Crippen LogP) is 3.78. The molecule has 0 atom stereocenters. The van der Waals surface area contributed by atoms with E-state index in [-0.39, 0.29) is 0 Å². The Morgan fingerprint density at radius 3 is 2.69 bits per heavy atom. The van der Waals surface area contributed by atoms with Gasteiger partial charge in [-0.1, -0.05) is 11.6 Å². The first-order chi connectivity index (χ1) is 7.63. The number of hydrogen-bond acceptors (Lipinski definition) is 3. The second-order valence-corrected chi connectivity index (χ2v) is 4.26. The number of benzene rings is 1. The number of hydrogen-bond donors (Lipinski definition) is 1. The number of nitrogens with zero attached hydrogens (tertiary/aromatic N) is 2. The summed E-state index contributed by atoms with van der Waals surface area (Å²) < 4.78 is 13.7. The minimum Gasteiger partial charge on any atom is -0.340 e. The van der Waals surface area contributed by atoms with Gasteiger partial charge in [-0.2, -0.15) is 0 Å². The Labute approximate surface area is 105 Å². The summed E-state index contributed by atoms with van der Waals surface area (Å²) >= 11 is 8.94. The van der Waals surface area contributed by atoms with Gasteiger partial charge in [0, 0.05) is 16.8 Å². The van der Waals surface area contributed by atoms with Crippen molar-refractivity contribution >= 4 is 39.0 Å². The summed E-state index contributed by atoms with van der Waals surface area (Å²) in [4.78, 5) is 7.86. The lowest BCUT2D eigenvalue weighted by atomic mass is 10.3. The van der Waals surface area contributed by atoms with Crippen molar-refractivity contribution < 1.29 is 4.39 Å². The summed E-state index contributed by atoms with van der Waals surface area (Å²) in [7, 11) is 0. The van der Waals surface area contributed by atoms with E-state index in [1.807, 2.05) is 0 Å². The van der Waals surface area contributed by atoms with Crippen molar-refractivity contribution in [3.05, 3.63) is 46.0 Å². The van der Waals surface area contributed by atoms with Crippen LogP contribution in [0.1, 0.15) is 0 Å². The molecule has 0 radical (unpaired) electrons. The SMILES string of the molecule is Fc1cc(Cl)cc(Nc2cc(Br)ncn2)c1. The topological polar surface area (TPSA) is 37.8 Å². The Morgan fingerprint density at radius 1 is 1.19 bits per heavy atom. The van der Waals surface area contributed by atoms with Gasteiger partial charge >= 0.3 is 0 Å². The zero-order valence-corrected chi connectivity index (χ0v) is 10.3. The molecule has 2 aromatic rings. The Morgan fingerprint density at radius 2 is 2.00 bits per heavy atom. The van der Waals surface area contributed by atoms with Gasteiger partial charge in [0.05, 0.1) is 0 Å². The predicted molar refractivity (Wildman–Crippen MR) is 64.4 cm³/mol. The van der Waals surface area contributed by atoms with Crippen LogP contribution in [-0.4, -0.2) is 9.97 Å². The first-order valence-corrected chi connectivity index (χ1v) is 5.51. The van der Waals surface area contributed by atoms with Crippen LogP contribution < -0.4 is 5.32 Å². The van der Waals surface area contributed by atoms with Gasteiger partial charge in [0.1, 0.15) is 22.6 Å². The molecule has 0 bridgehead atoms. The molecule has 0 aliphatic heterocycles. The summed E-state index contributed by atoms with van der Waals surface area (Å²) in [5.74, 6) is 0.159. The van der Waals surface area contributed by atoms with Crippen molar-refractivity contribution in [2.45, 2.75) is 0 Å². The third-order valence-corrected chi connectivity index (χ3v) is 2.42. The standard InChI is InChI=1S/C10H6BrClFN3/c11-9-4-10(15-5-14-9)16-8-2-6(12)1-7(13)3-8/h1-5H,(H,14,15,16). The van der Waals surface area contributed by atoms with E-state index in [1.165, 1.54) is 18.5 Å². The van der Waals surface area contributed by atoms with Gasteiger partial charge in [-0.05, 0) is 34.1 Å². The highest BCUT2D eigenvalue weighted by molar-refractivity contribution is 9.10. The monoisotopic (exact) mass is 301 g/mol. The first-order valence-electron chi connectivity index (χ1n) is 4.34. The minimum absolute atomic E-state index is 0.329. The molecular formula is C10H6BrClFN3. The van der Waals surface area contributed by atoms with Gasteiger partial charge in [0.15, 0.2) is 0 Å². The molecule has 0 saturated carbocycles. The molecule has 1 aromatic heterocycles. The van der Waals surface area contributed by atoms with Crippen LogP contribution >= 0.6 is 27.5 Å². The van der Waals surface area contributed by atoms with Crippen molar-refractivity contribution in [1.29, 1.82) is 0 Å². The van der Waals surface area contributed by atoms with Crippen molar-refractivity contribution in [3.63, 3.8) is 0 Å². The maximum absolute atomic E-state index is 13.0. The van der Waals surface area contributed by atoms with E-state index in [9.17, 15) is 4.39 Å². The maximum Gasteiger partial charge on any atom is 0.134 e. The van der Waals surface area contributed by atoms with Crippen molar-refractivity contribution in [3.8, 4) is 0 Å². The molecule has 16 heavy (non-hydrogen) atoms. The average Bonchev–Trinajstić information content (AvgIpc) is 2.15. The van der Waals surface area contributed by atoms with E-state index in [2.05, 4.69) is 31.2 Å². The molecular weight excluding hydrogens is 296 g/mol. The number of rotatable bonds is 2. The third kappa shape index (κ3) is 2.90. The minimum atomic E-state index is -0.400. The van der Waals surface area contributed by atoms with Gasteiger partial charge in [-0.3, -0.25) is 0 Å². The summed E-state index contributed by atoms with van der Waals surface area (Å²) in [5, 5.41) is 3.25. The fourth-order valence-electron chi connectivity index (χ4n) is 1.18. The van der Waals surface area contributed by atoms with Crippen LogP contribution in [0.5, 0.6) is 0 Å². The van der Waals surface area contributed by atoms with Crippen LogP contribution in [0.4, 0.5) is 15.9 Å². The van der Waals surface area contributed by atoms with E-state index in [0.717, 1.165) is 0 Å². The molecule has 1 heterocycles. The lowest BCUT2D eigenvalue weighted by Gasteiger charge is -2.05. The summed E-state index contributed by atoms with van der Waals surface area (Å²) in [6, 6.07) is 5.87. The lowest BCUT2D eigenvalue weighted by Crippen LogP contribution is -1.94. The number of halogens is 3. The summed E-state index contributed by atoms with van der Waals surface area (Å²) in [6.45, 7) is 0. The molecule has 1 aromatic carbocycles. The van der Waals surface area contributed by atoms with Crippen molar-refractivity contribution in [2.75, 3.05) is 5.32 Å². The molecule has 0 spiro atoms. The first kappa shape index (κ1) is 11.3. The van der Waals surface area contributed by atoms with E-state index < -0.39 is 5.82 Å². The normalized spacial score (nSPS) is 10.2. The zero-order valence-electron chi connectivity index (χ0n) is 7.92. The highest BCUT2D eigenvalue weighted by atomic mass is 79.9. The number of aromatic nitrogens is 2. The molecule has 0 aliphatic rings. The number of anilines is 2. The third-order valence-electron chi connectivity index (χ3n) is 1.77.